The zero-order chi connectivity index (χ0) is 20.5. The van der Waals surface area contributed by atoms with Crippen molar-refractivity contribution in [2.75, 3.05) is 31.5 Å². The number of carbonyl (C=O) groups is 2. The summed E-state index contributed by atoms with van der Waals surface area (Å²) in [4.78, 5) is 29.0. The lowest BCUT2D eigenvalue weighted by atomic mass is 10.1. The molecule has 2 bridgehead atoms. The molecule has 0 aliphatic carbocycles. The molecule has 1 aromatic rings. The van der Waals surface area contributed by atoms with Crippen molar-refractivity contribution in [2.24, 2.45) is 0 Å². The van der Waals surface area contributed by atoms with Gasteiger partial charge in [-0.2, -0.15) is 0 Å². The van der Waals surface area contributed by atoms with Gasteiger partial charge in [0, 0.05) is 41.4 Å². The third-order valence-corrected chi connectivity index (χ3v) is 5.28. The molecule has 2 unspecified atom stereocenters. The summed E-state index contributed by atoms with van der Waals surface area (Å²) >= 11 is 5.83. The Balaban J connectivity index is 1.52. The summed E-state index contributed by atoms with van der Waals surface area (Å²) in [5.41, 5.74) is 0.117. The minimum Gasteiger partial charge on any atom is -0.350 e. The van der Waals surface area contributed by atoms with Gasteiger partial charge in [0.05, 0.1) is 13.1 Å². The molecule has 1 aromatic carbocycles. The zero-order valence-electron chi connectivity index (χ0n) is 16.6. The highest BCUT2D eigenvalue weighted by Crippen LogP contribution is 2.29. The number of hydrogen-bond acceptors (Lipinski definition) is 4. The summed E-state index contributed by atoms with van der Waals surface area (Å²) in [6.45, 7) is 8.05. The molecule has 28 heavy (non-hydrogen) atoms. The minimum absolute atomic E-state index is 0.0403. The van der Waals surface area contributed by atoms with Gasteiger partial charge in [-0.1, -0.05) is 11.6 Å². The highest BCUT2D eigenvalue weighted by atomic mass is 35.5. The number of hydrogen-bond donors (Lipinski definition) is 2. The van der Waals surface area contributed by atoms with Crippen molar-refractivity contribution >= 4 is 29.1 Å². The van der Waals surface area contributed by atoms with E-state index in [1.54, 1.807) is 0 Å². The van der Waals surface area contributed by atoms with Crippen molar-refractivity contribution in [2.45, 2.75) is 51.2 Å². The molecule has 2 atom stereocenters. The van der Waals surface area contributed by atoms with Crippen LogP contribution in [-0.2, 0) is 9.59 Å². The molecule has 2 fully saturated rings. The summed E-state index contributed by atoms with van der Waals surface area (Å²) in [5, 5.41) is 5.97. The molecule has 2 aliphatic rings. The number of piperazine rings is 1. The standard InChI is InChI=1S/C20H28ClFN4O2/c1-20(2,3)24-19(28)12-26-16-4-5-17(26)10-25(9-16)11-18(27)23-15-7-13(21)6-14(22)8-15/h6-8,16-17H,4-5,9-12H2,1-3H3,(H,23,27)(H,24,28). The van der Waals surface area contributed by atoms with Crippen LogP contribution in [0.25, 0.3) is 0 Å². The predicted octanol–water partition coefficient (Wildman–Crippen LogP) is 2.48. The van der Waals surface area contributed by atoms with E-state index in [1.165, 1.54) is 18.2 Å². The van der Waals surface area contributed by atoms with E-state index in [-0.39, 0.29) is 41.0 Å². The summed E-state index contributed by atoms with van der Waals surface area (Å²) in [7, 11) is 0. The van der Waals surface area contributed by atoms with Gasteiger partial charge < -0.3 is 10.6 Å². The van der Waals surface area contributed by atoms with E-state index >= 15 is 0 Å². The number of halogens is 2. The quantitative estimate of drug-likeness (QED) is 0.782. The normalized spacial score (nSPS) is 22.9. The number of amides is 2. The second-order valence-electron chi connectivity index (χ2n) is 8.76. The van der Waals surface area contributed by atoms with Crippen LogP contribution in [-0.4, -0.2) is 65.4 Å². The van der Waals surface area contributed by atoms with Crippen LogP contribution >= 0.6 is 11.6 Å². The maximum Gasteiger partial charge on any atom is 0.238 e. The molecule has 2 amide bonds. The average molecular weight is 411 g/mol. The monoisotopic (exact) mass is 410 g/mol. The molecule has 3 rings (SSSR count). The molecule has 0 saturated carbocycles. The van der Waals surface area contributed by atoms with Gasteiger partial charge in [0.25, 0.3) is 0 Å². The van der Waals surface area contributed by atoms with E-state index < -0.39 is 5.82 Å². The van der Waals surface area contributed by atoms with Crippen molar-refractivity contribution in [1.29, 1.82) is 0 Å². The summed E-state index contributed by atoms with van der Waals surface area (Å²) < 4.78 is 13.4. The number of carbonyl (C=O) groups excluding carboxylic acids is 2. The lowest BCUT2D eigenvalue weighted by molar-refractivity contribution is -0.126. The summed E-state index contributed by atoms with van der Waals surface area (Å²) in [6, 6.07) is 4.53. The van der Waals surface area contributed by atoms with Gasteiger partial charge in [0.15, 0.2) is 0 Å². The first-order valence-corrected chi connectivity index (χ1v) is 10.0. The number of fused-ring (bicyclic) bond motifs is 2. The second-order valence-corrected chi connectivity index (χ2v) is 9.19. The molecule has 0 spiro atoms. The van der Waals surface area contributed by atoms with Crippen LogP contribution in [0.2, 0.25) is 5.02 Å². The van der Waals surface area contributed by atoms with E-state index in [0.29, 0.717) is 12.2 Å². The largest absolute Gasteiger partial charge is 0.350 e. The number of likely N-dealkylation sites (tertiary alicyclic amines) is 1. The highest BCUT2D eigenvalue weighted by Gasteiger charge is 2.41. The molecule has 2 heterocycles. The van der Waals surface area contributed by atoms with Crippen LogP contribution in [0.3, 0.4) is 0 Å². The maximum absolute atomic E-state index is 13.4. The van der Waals surface area contributed by atoms with Crippen molar-refractivity contribution < 1.29 is 14.0 Å². The Kier molecular flexibility index (Phi) is 6.27. The summed E-state index contributed by atoms with van der Waals surface area (Å²) in [5.74, 6) is -0.637. The van der Waals surface area contributed by atoms with Crippen molar-refractivity contribution in [3.05, 3.63) is 29.0 Å². The average Bonchev–Trinajstić information content (AvgIpc) is 2.74. The first-order chi connectivity index (χ1) is 13.1. The van der Waals surface area contributed by atoms with Gasteiger partial charge in [0.1, 0.15) is 5.82 Å². The molecular formula is C20H28ClFN4O2. The van der Waals surface area contributed by atoms with Crippen LogP contribution in [0.5, 0.6) is 0 Å². The van der Waals surface area contributed by atoms with E-state index in [0.717, 1.165) is 25.9 Å². The minimum atomic E-state index is -0.483. The molecule has 6 nitrogen and oxygen atoms in total. The van der Waals surface area contributed by atoms with E-state index in [4.69, 9.17) is 11.6 Å². The molecule has 2 saturated heterocycles. The van der Waals surface area contributed by atoms with Gasteiger partial charge in [-0.15, -0.1) is 0 Å². The van der Waals surface area contributed by atoms with Crippen LogP contribution in [0.15, 0.2) is 18.2 Å². The number of nitrogens with zero attached hydrogens (tertiary/aromatic N) is 2. The van der Waals surface area contributed by atoms with Gasteiger partial charge in [-0.25, -0.2) is 4.39 Å². The van der Waals surface area contributed by atoms with Crippen molar-refractivity contribution in [3.63, 3.8) is 0 Å². The van der Waals surface area contributed by atoms with Gasteiger partial charge in [0.2, 0.25) is 11.8 Å². The van der Waals surface area contributed by atoms with Crippen LogP contribution in [0.4, 0.5) is 10.1 Å². The number of benzene rings is 1. The molecule has 2 aliphatic heterocycles. The first kappa shape index (κ1) is 21.0. The van der Waals surface area contributed by atoms with Crippen LogP contribution < -0.4 is 10.6 Å². The Bertz CT molecular complexity index is 718. The number of rotatable bonds is 5. The fourth-order valence-corrected chi connectivity index (χ4v) is 4.34. The smallest absolute Gasteiger partial charge is 0.238 e. The topological polar surface area (TPSA) is 64.7 Å². The molecule has 0 radical (unpaired) electrons. The Morgan fingerprint density at radius 3 is 2.32 bits per heavy atom. The highest BCUT2D eigenvalue weighted by molar-refractivity contribution is 6.30. The molecule has 0 aromatic heterocycles. The Hall–Kier alpha value is -1.70. The maximum atomic E-state index is 13.4. The Labute approximate surface area is 170 Å². The molecule has 2 N–H and O–H groups in total. The fourth-order valence-electron chi connectivity index (χ4n) is 4.12. The molecule has 8 heteroatoms. The van der Waals surface area contributed by atoms with Crippen molar-refractivity contribution in [3.8, 4) is 0 Å². The first-order valence-electron chi connectivity index (χ1n) is 9.64. The second kappa shape index (κ2) is 8.35. The van der Waals surface area contributed by atoms with Crippen LogP contribution in [0, 0.1) is 5.82 Å². The molecule has 154 valence electrons. The zero-order valence-corrected chi connectivity index (χ0v) is 17.4. The fraction of sp³-hybridized carbons (Fsp3) is 0.600. The van der Waals surface area contributed by atoms with Crippen molar-refractivity contribution in [1.82, 2.24) is 15.1 Å². The molecular weight excluding hydrogens is 383 g/mol. The van der Waals surface area contributed by atoms with Gasteiger partial charge >= 0.3 is 0 Å². The van der Waals surface area contributed by atoms with Gasteiger partial charge in [-0.3, -0.25) is 19.4 Å². The van der Waals surface area contributed by atoms with Crippen LogP contribution in [0.1, 0.15) is 33.6 Å². The lowest BCUT2D eigenvalue weighted by Gasteiger charge is -2.40. The van der Waals surface area contributed by atoms with Gasteiger partial charge in [-0.05, 0) is 51.8 Å². The Morgan fingerprint density at radius 2 is 1.75 bits per heavy atom. The number of anilines is 1. The number of nitrogens with one attached hydrogen (secondary N) is 2. The predicted molar refractivity (Wildman–Crippen MR) is 108 cm³/mol. The third-order valence-electron chi connectivity index (χ3n) is 5.06. The Morgan fingerprint density at radius 1 is 1.11 bits per heavy atom. The van der Waals surface area contributed by atoms with E-state index in [2.05, 4.69) is 20.4 Å². The SMILES string of the molecule is CC(C)(C)NC(=O)CN1C2CCC1CN(CC(=O)Nc1cc(F)cc(Cl)c1)C2. The summed E-state index contributed by atoms with van der Waals surface area (Å²) in [6.07, 6.45) is 2.07. The lowest BCUT2D eigenvalue weighted by Crippen LogP contribution is -2.58. The third kappa shape index (κ3) is 5.65. The van der Waals surface area contributed by atoms with E-state index in [1.807, 2.05) is 20.8 Å². The van der Waals surface area contributed by atoms with E-state index in [9.17, 15) is 14.0 Å².